The fourth-order valence-corrected chi connectivity index (χ4v) is 1.93. The van der Waals surface area contributed by atoms with Gasteiger partial charge in [-0.1, -0.05) is 24.3 Å². The SMILES string of the molecule is CCOc1cccc(CNc2cccc(C)c2)c1O. The molecule has 2 aromatic rings. The summed E-state index contributed by atoms with van der Waals surface area (Å²) in [6.45, 7) is 5.06. The smallest absolute Gasteiger partial charge is 0.162 e. The van der Waals surface area contributed by atoms with Gasteiger partial charge in [-0.3, -0.25) is 0 Å². The first-order chi connectivity index (χ1) is 9.20. The molecule has 0 aliphatic carbocycles. The molecule has 0 aliphatic heterocycles. The molecule has 0 saturated carbocycles. The summed E-state index contributed by atoms with van der Waals surface area (Å²) in [6, 6.07) is 13.7. The molecule has 2 aromatic carbocycles. The van der Waals surface area contributed by atoms with Crippen LogP contribution in [0.2, 0.25) is 0 Å². The maximum absolute atomic E-state index is 10.1. The normalized spacial score (nSPS) is 10.2. The lowest BCUT2D eigenvalue weighted by molar-refractivity contribution is 0.317. The second-order valence-electron chi connectivity index (χ2n) is 4.42. The van der Waals surface area contributed by atoms with Gasteiger partial charge in [0.15, 0.2) is 11.5 Å². The Morgan fingerprint density at radius 2 is 1.95 bits per heavy atom. The molecule has 100 valence electrons. The van der Waals surface area contributed by atoms with Crippen LogP contribution in [0, 0.1) is 6.92 Å². The summed E-state index contributed by atoms with van der Waals surface area (Å²) in [5, 5.41) is 13.4. The van der Waals surface area contributed by atoms with E-state index in [1.807, 2.05) is 31.2 Å². The van der Waals surface area contributed by atoms with Crippen LogP contribution < -0.4 is 10.1 Å². The number of aryl methyl sites for hydroxylation is 1. The summed E-state index contributed by atoms with van der Waals surface area (Å²) in [7, 11) is 0. The van der Waals surface area contributed by atoms with Crippen molar-refractivity contribution in [1.29, 1.82) is 0 Å². The highest BCUT2D eigenvalue weighted by atomic mass is 16.5. The molecule has 0 radical (unpaired) electrons. The molecule has 0 bridgehead atoms. The minimum atomic E-state index is 0.213. The van der Waals surface area contributed by atoms with Gasteiger partial charge < -0.3 is 15.2 Å². The number of para-hydroxylation sites is 1. The predicted octanol–water partition coefficient (Wildman–Crippen LogP) is 3.71. The van der Waals surface area contributed by atoms with Crippen LogP contribution in [-0.2, 0) is 6.54 Å². The quantitative estimate of drug-likeness (QED) is 0.858. The van der Waals surface area contributed by atoms with E-state index in [0.29, 0.717) is 18.9 Å². The Hall–Kier alpha value is -2.16. The van der Waals surface area contributed by atoms with E-state index in [4.69, 9.17) is 4.74 Å². The molecule has 0 aromatic heterocycles. The summed E-state index contributed by atoms with van der Waals surface area (Å²) in [5.74, 6) is 0.746. The Kier molecular flexibility index (Phi) is 4.29. The third-order valence-electron chi connectivity index (χ3n) is 2.88. The van der Waals surface area contributed by atoms with Crippen molar-refractivity contribution < 1.29 is 9.84 Å². The molecule has 0 atom stereocenters. The standard InChI is InChI=1S/C16H19NO2/c1-3-19-15-9-5-7-13(16(15)18)11-17-14-8-4-6-12(2)10-14/h4-10,17-18H,3,11H2,1-2H3. The zero-order valence-electron chi connectivity index (χ0n) is 11.3. The number of benzene rings is 2. The van der Waals surface area contributed by atoms with Crippen LogP contribution >= 0.6 is 0 Å². The number of hydrogen-bond donors (Lipinski definition) is 2. The van der Waals surface area contributed by atoms with E-state index < -0.39 is 0 Å². The molecule has 0 amide bonds. The first-order valence-corrected chi connectivity index (χ1v) is 6.45. The third kappa shape index (κ3) is 3.41. The van der Waals surface area contributed by atoms with E-state index in [1.54, 1.807) is 6.07 Å². The largest absolute Gasteiger partial charge is 0.504 e. The van der Waals surface area contributed by atoms with Crippen molar-refractivity contribution in [2.45, 2.75) is 20.4 Å². The maximum Gasteiger partial charge on any atom is 0.162 e. The molecule has 2 N–H and O–H groups in total. The fourth-order valence-electron chi connectivity index (χ4n) is 1.93. The topological polar surface area (TPSA) is 41.5 Å². The Bertz CT molecular complexity index is 552. The number of nitrogens with one attached hydrogen (secondary N) is 1. The summed E-state index contributed by atoms with van der Waals surface area (Å²) >= 11 is 0. The highest BCUT2D eigenvalue weighted by molar-refractivity contribution is 5.50. The number of rotatable bonds is 5. The Morgan fingerprint density at radius 3 is 2.68 bits per heavy atom. The van der Waals surface area contributed by atoms with Crippen molar-refractivity contribution in [1.82, 2.24) is 0 Å². The third-order valence-corrected chi connectivity index (χ3v) is 2.88. The van der Waals surface area contributed by atoms with Crippen molar-refractivity contribution in [2.24, 2.45) is 0 Å². The molecular weight excluding hydrogens is 238 g/mol. The number of aromatic hydroxyl groups is 1. The lowest BCUT2D eigenvalue weighted by atomic mass is 10.1. The second kappa shape index (κ2) is 6.14. The predicted molar refractivity (Wildman–Crippen MR) is 77.8 cm³/mol. The first kappa shape index (κ1) is 13.3. The fraction of sp³-hybridized carbons (Fsp3) is 0.250. The number of anilines is 1. The Morgan fingerprint density at radius 1 is 1.16 bits per heavy atom. The van der Waals surface area contributed by atoms with E-state index in [1.165, 1.54) is 5.56 Å². The molecule has 3 nitrogen and oxygen atoms in total. The van der Waals surface area contributed by atoms with Crippen LogP contribution in [0.25, 0.3) is 0 Å². The van der Waals surface area contributed by atoms with Gasteiger partial charge in [0.1, 0.15) is 0 Å². The van der Waals surface area contributed by atoms with E-state index in [2.05, 4.69) is 24.4 Å². The highest BCUT2D eigenvalue weighted by Gasteiger charge is 2.07. The number of hydrogen-bond acceptors (Lipinski definition) is 3. The molecule has 0 fully saturated rings. The van der Waals surface area contributed by atoms with Crippen LogP contribution in [0.1, 0.15) is 18.1 Å². The van der Waals surface area contributed by atoms with Crippen molar-refractivity contribution in [3.05, 3.63) is 53.6 Å². The Balaban J connectivity index is 2.09. The van der Waals surface area contributed by atoms with E-state index >= 15 is 0 Å². The van der Waals surface area contributed by atoms with Crippen molar-refractivity contribution >= 4 is 5.69 Å². The van der Waals surface area contributed by atoms with Crippen molar-refractivity contribution in [3.63, 3.8) is 0 Å². The zero-order valence-corrected chi connectivity index (χ0v) is 11.3. The minimum absolute atomic E-state index is 0.213. The zero-order chi connectivity index (χ0) is 13.7. The first-order valence-electron chi connectivity index (χ1n) is 6.45. The number of phenolic OH excluding ortho intramolecular Hbond substituents is 1. The lowest BCUT2D eigenvalue weighted by Gasteiger charge is -2.12. The summed E-state index contributed by atoms with van der Waals surface area (Å²) < 4.78 is 5.37. The minimum Gasteiger partial charge on any atom is -0.504 e. The van der Waals surface area contributed by atoms with Crippen LogP contribution in [-0.4, -0.2) is 11.7 Å². The van der Waals surface area contributed by atoms with Crippen LogP contribution in [0.5, 0.6) is 11.5 Å². The monoisotopic (exact) mass is 257 g/mol. The van der Waals surface area contributed by atoms with Gasteiger partial charge in [-0.25, -0.2) is 0 Å². The summed E-state index contributed by atoms with van der Waals surface area (Å²) in [4.78, 5) is 0. The van der Waals surface area contributed by atoms with Gasteiger partial charge in [0.2, 0.25) is 0 Å². The van der Waals surface area contributed by atoms with Gasteiger partial charge in [-0.05, 0) is 37.6 Å². The van der Waals surface area contributed by atoms with Crippen LogP contribution in [0.15, 0.2) is 42.5 Å². The molecule has 3 heteroatoms. The lowest BCUT2D eigenvalue weighted by Crippen LogP contribution is -2.01. The molecule has 2 rings (SSSR count). The average molecular weight is 257 g/mol. The molecule has 0 heterocycles. The molecular formula is C16H19NO2. The summed E-state index contributed by atoms with van der Waals surface area (Å²) in [5.41, 5.74) is 3.07. The average Bonchev–Trinajstić information content (AvgIpc) is 2.40. The van der Waals surface area contributed by atoms with Gasteiger partial charge >= 0.3 is 0 Å². The van der Waals surface area contributed by atoms with Gasteiger partial charge in [-0.2, -0.15) is 0 Å². The van der Waals surface area contributed by atoms with Crippen LogP contribution in [0.3, 0.4) is 0 Å². The summed E-state index contributed by atoms with van der Waals surface area (Å²) in [6.07, 6.45) is 0. The Labute approximate surface area is 113 Å². The molecule has 0 unspecified atom stereocenters. The number of phenols is 1. The van der Waals surface area contributed by atoms with Gasteiger partial charge in [0, 0.05) is 17.8 Å². The molecule has 0 aliphatic rings. The molecule has 0 saturated heterocycles. The van der Waals surface area contributed by atoms with Crippen LogP contribution in [0.4, 0.5) is 5.69 Å². The van der Waals surface area contributed by atoms with Gasteiger partial charge in [0.05, 0.1) is 6.61 Å². The van der Waals surface area contributed by atoms with Crippen molar-refractivity contribution in [3.8, 4) is 11.5 Å². The van der Waals surface area contributed by atoms with Gasteiger partial charge in [-0.15, -0.1) is 0 Å². The second-order valence-corrected chi connectivity index (χ2v) is 4.42. The van der Waals surface area contributed by atoms with E-state index in [0.717, 1.165) is 11.3 Å². The van der Waals surface area contributed by atoms with Gasteiger partial charge in [0.25, 0.3) is 0 Å². The highest BCUT2D eigenvalue weighted by Crippen LogP contribution is 2.30. The van der Waals surface area contributed by atoms with Crippen molar-refractivity contribution in [2.75, 3.05) is 11.9 Å². The number of ether oxygens (including phenoxy) is 1. The van der Waals surface area contributed by atoms with E-state index in [9.17, 15) is 5.11 Å². The molecule has 0 spiro atoms. The molecule has 19 heavy (non-hydrogen) atoms. The maximum atomic E-state index is 10.1. The van der Waals surface area contributed by atoms with E-state index in [-0.39, 0.29) is 5.75 Å².